The van der Waals surface area contributed by atoms with E-state index < -0.39 is 0 Å². The van der Waals surface area contributed by atoms with Crippen LogP contribution in [-0.4, -0.2) is 25.3 Å². The highest BCUT2D eigenvalue weighted by Gasteiger charge is 2.31. The van der Waals surface area contributed by atoms with Crippen LogP contribution in [0.15, 0.2) is 11.6 Å². The van der Waals surface area contributed by atoms with Crippen molar-refractivity contribution in [2.45, 2.75) is 51.5 Å². The molecule has 2 nitrogen and oxygen atoms in total. The summed E-state index contributed by atoms with van der Waals surface area (Å²) < 4.78 is 5.46. The van der Waals surface area contributed by atoms with Gasteiger partial charge in [0.1, 0.15) is 0 Å². The van der Waals surface area contributed by atoms with Crippen LogP contribution in [-0.2, 0) is 4.74 Å². The lowest BCUT2D eigenvalue weighted by atomic mass is 9.86. The van der Waals surface area contributed by atoms with E-state index in [0.717, 1.165) is 32.1 Å². The highest BCUT2D eigenvalue weighted by molar-refractivity contribution is 5.08. The number of rotatable bonds is 4. The summed E-state index contributed by atoms with van der Waals surface area (Å²) >= 11 is 0. The summed E-state index contributed by atoms with van der Waals surface area (Å²) in [5.74, 6) is 0.859. The average Bonchev–Trinajstić information content (AvgIpc) is 2.82. The molecule has 1 aliphatic heterocycles. The molecule has 1 saturated carbocycles. The number of nitrogens with one attached hydrogen (secondary N) is 1. The average molecular weight is 223 g/mol. The fourth-order valence-electron chi connectivity index (χ4n) is 2.86. The number of hydrogen-bond acceptors (Lipinski definition) is 2. The Balaban J connectivity index is 1.81. The molecule has 0 bridgehead atoms. The molecule has 0 saturated heterocycles. The SMILES string of the molecule is CC(C)(NCC1=CCCOC1)C1CCCC1. The molecule has 92 valence electrons. The van der Waals surface area contributed by atoms with Crippen LogP contribution in [0, 0.1) is 5.92 Å². The molecule has 1 fully saturated rings. The van der Waals surface area contributed by atoms with E-state index in [9.17, 15) is 0 Å². The molecule has 0 unspecified atom stereocenters. The first-order chi connectivity index (χ1) is 7.68. The van der Waals surface area contributed by atoms with E-state index in [2.05, 4.69) is 25.2 Å². The Bertz CT molecular complexity index is 251. The van der Waals surface area contributed by atoms with Crippen molar-refractivity contribution in [3.8, 4) is 0 Å². The van der Waals surface area contributed by atoms with E-state index in [1.165, 1.54) is 31.3 Å². The van der Waals surface area contributed by atoms with Crippen LogP contribution in [0.2, 0.25) is 0 Å². The standard InChI is InChI=1S/C14H25NO/c1-14(2,13-7-3-4-8-13)15-10-12-6-5-9-16-11-12/h6,13,15H,3-5,7-11H2,1-2H3. The van der Waals surface area contributed by atoms with E-state index in [0.29, 0.717) is 0 Å². The normalized spacial score (nSPS) is 23.5. The topological polar surface area (TPSA) is 21.3 Å². The van der Waals surface area contributed by atoms with Gasteiger partial charge in [0.25, 0.3) is 0 Å². The van der Waals surface area contributed by atoms with Crippen LogP contribution in [0.4, 0.5) is 0 Å². The van der Waals surface area contributed by atoms with Gasteiger partial charge in [0.15, 0.2) is 0 Å². The first-order valence-electron chi connectivity index (χ1n) is 6.69. The van der Waals surface area contributed by atoms with Gasteiger partial charge < -0.3 is 10.1 Å². The van der Waals surface area contributed by atoms with Gasteiger partial charge in [0, 0.05) is 12.1 Å². The summed E-state index contributed by atoms with van der Waals surface area (Å²) in [4.78, 5) is 0. The molecule has 2 heteroatoms. The molecule has 16 heavy (non-hydrogen) atoms. The minimum Gasteiger partial charge on any atom is -0.377 e. The second-order valence-electron chi connectivity index (χ2n) is 5.76. The Hall–Kier alpha value is -0.340. The van der Waals surface area contributed by atoms with E-state index in [1.807, 2.05) is 0 Å². The van der Waals surface area contributed by atoms with Gasteiger partial charge in [-0.2, -0.15) is 0 Å². The third-order valence-electron chi connectivity index (χ3n) is 4.13. The quantitative estimate of drug-likeness (QED) is 0.740. The molecule has 0 atom stereocenters. The lowest BCUT2D eigenvalue weighted by molar-refractivity contribution is 0.146. The summed E-state index contributed by atoms with van der Waals surface area (Å²) in [6.07, 6.45) is 9.05. The zero-order valence-electron chi connectivity index (χ0n) is 10.7. The van der Waals surface area contributed by atoms with Crippen LogP contribution in [0.5, 0.6) is 0 Å². The smallest absolute Gasteiger partial charge is 0.0689 e. The van der Waals surface area contributed by atoms with Gasteiger partial charge in [0.2, 0.25) is 0 Å². The van der Waals surface area contributed by atoms with E-state index >= 15 is 0 Å². The van der Waals surface area contributed by atoms with Crippen LogP contribution < -0.4 is 5.32 Å². The zero-order chi connectivity index (χ0) is 11.4. The van der Waals surface area contributed by atoms with Crippen molar-refractivity contribution >= 4 is 0 Å². The van der Waals surface area contributed by atoms with E-state index in [4.69, 9.17) is 4.74 Å². The largest absolute Gasteiger partial charge is 0.377 e. The van der Waals surface area contributed by atoms with Crippen LogP contribution in [0.1, 0.15) is 46.0 Å². The predicted octanol–water partition coefficient (Wildman–Crippen LogP) is 2.89. The van der Waals surface area contributed by atoms with Crippen molar-refractivity contribution < 1.29 is 4.74 Å². The summed E-state index contributed by atoms with van der Waals surface area (Å²) in [6.45, 7) is 7.44. The van der Waals surface area contributed by atoms with E-state index in [-0.39, 0.29) is 5.54 Å². The van der Waals surface area contributed by atoms with Crippen molar-refractivity contribution in [3.63, 3.8) is 0 Å². The first kappa shape index (κ1) is 12.1. The van der Waals surface area contributed by atoms with Gasteiger partial charge >= 0.3 is 0 Å². The van der Waals surface area contributed by atoms with Gasteiger partial charge in [-0.3, -0.25) is 0 Å². The van der Waals surface area contributed by atoms with Gasteiger partial charge in [-0.1, -0.05) is 18.9 Å². The summed E-state index contributed by atoms with van der Waals surface area (Å²) in [6, 6.07) is 0. The summed E-state index contributed by atoms with van der Waals surface area (Å²) in [7, 11) is 0. The molecule has 2 rings (SSSR count). The van der Waals surface area contributed by atoms with Crippen molar-refractivity contribution in [3.05, 3.63) is 11.6 Å². The van der Waals surface area contributed by atoms with Crippen LogP contribution >= 0.6 is 0 Å². The van der Waals surface area contributed by atoms with Gasteiger partial charge in [0.05, 0.1) is 13.2 Å². The van der Waals surface area contributed by atoms with Gasteiger partial charge in [-0.25, -0.2) is 0 Å². The second kappa shape index (κ2) is 5.33. The van der Waals surface area contributed by atoms with Crippen LogP contribution in [0.3, 0.4) is 0 Å². The molecule has 0 spiro atoms. The Labute approximate surface area is 99.4 Å². The predicted molar refractivity (Wildman–Crippen MR) is 67.6 cm³/mol. The fourth-order valence-corrected chi connectivity index (χ4v) is 2.86. The molecule has 0 aromatic heterocycles. The maximum absolute atomic E-state index is 5.46. The van der Waals surface area contributed by atoms with Gasteiger partial charge in [-0.05, 0) is 44.6 Å². The number of hydrogen-bond donors (Lipinski definition) is 1. The molecule has 0 amide bonds. The maximum atomic E-state index is 5.46. The molecular weight excluding hydrogens is 198 g/mol. The summed E-state index contributed by atoms with van der Waals surface area (Å²) in [5, 5.41) is 3.72. The first-order valence-corrected chi connectivity index (χ1v) is 6.69. The minimum absolute atomic E-state index is 0.286. The molecule has 0 radical (unpaired) electrons. The highest BCUT2D eigenvalue weighted by atomic mass is 16.5. The minimum atomic E-state index is 0.286. The molecule has 1 aliphatic carbocycles. The van der Waals surface area contributed by atoms with Crippen molar-refractivity contribution in [1.29, 1.82) is 0 Å². The molecule has 1 heterocycles. The Kier molecular flexibility index (Phi) is 4.04. The molecule has 0 aromatic rings. The lowest BCUT2D eigenvalue weighted by Gasteiger charge is -2.33. The highest BCUT2D eigenvalue weighted by Crippen LogP contribution is 2.33. The third-order valence-corrected chi connectivity index (χ3v) is 4.13. The molecule has 2 aliphatic rings. The molecule has 0 aromatic carbocycles. The van der Waals surface area contributed by atoms with Crippen molar-refractivity contribution in [2.75, 3.05) is 19.8 Å². The Morgan fingerprint density at radius 3 is 2.75 bits per heavy atom. The van der Waals surface area contributed by atoms with Gasteiger partial charge in [-0.15, -0.1) is 0 Å². The molecule has 1 N–H and O–H groups in total. The lowest BCUT2D eigenvalue weighted by Crippen LogP contribution is -2.46. The second-order valence-corrected chi connectivity index (χ2v) is 5.76. The zero-order valence-corrected chi connectivity index (χ0v) is 10.7. The third kappa shape index (κ3) is 3.08. The van der Waals surface area contributed by atoms with E-state index in [1.54, 1.807) is 0 Å². The van der Waals surface area contributed by atoms with Crippen LogP contribution in [0.25, 0.3) is 0 Å². The fraction of sp³-hybridized carbons (Fsp3) is 0.857. The number of ether oxygens (including phenoxy) is 1. The Morgan fingerprint density at radius 1 is 1.38 bits per heavy atom. The molecular formula is C14H25NO. The monoisotopic (exact) mass is 223 g/mol. The van der Waals surface area contributed by atoms with Crippen molar-refractivity contribution in [2.24, 2.45) is 5.92 Å². The van der Waals surface area contributed by atoms with Crippen molar-refractivity contribution in [1.82, 2.24) is 5.32 Å². The Morgan fingerprint density at radius 2 is 2.12 bits per heavy atom. The maximum Gasteiger partial charge on any atom is 0.0689 e. The summed E-state index contributed by atoms with van der Waals surface area (Å²) in [5.41, 5.74) is 1.71.